The molecule has 0 amide bonds. The zero-order chi connectivity index (χ0) is 14.5. The van der Waals surface area contributed by atoms with Gasteiger partial charge in [0.25, 0.3) is 0 Å². The summed E-state index contributed by atoms with van der Waals surface area (Å²) in [6.45, 7) is 6.51. The Labute approximate surface area is 121 Å². The number of hydrogen-bond acceptors (Lipinski definition) is 3. The predicted molar refractivity (Wildman–Crippen MR) is 83.6 cm³/mol. The lowest BCUT2D eigenvalue weighted by molar-refractivity contribution is 0.412. The number of nitrogens with two attached hydrogens (primary N) is 1. The lowest BCUT2D eigenvalue weighted by atomic mass is 9.89. The van der Waals surface area contributed by atoms with Crippen LogP contribution >= 0.6 is 0 Å². The molecule has 3 nitrogen and oxygen atoms in total. The molecule has 0 saturated carbocycles. The maximum Gasteiger partial charge on any atom is 0.230 e. The van der Waals surface area contributed by atoms with Crippen molar-refractivity contribution < 1.29 is 4.52 Å². The Kier molecular flexibility index (Phi) is 4.83. The molecule has 0 saturated heterocycles. The van der Waals surface area contributed by atoms with E-state index in [2.05, 4.69) is 38.1 Å². The zero-order valence-corrected chi connectivity index (χ0v) is 12.6. The van der Waals surface area contributed by atoms with Gasteiger partial charge in [-0.1, -0.05) is 56.1 Å². The van der Waals surface area contributed by atoms with Crippen LogP contribution in [0.25, 0.3) is 11.1 Å². The number of benzene rings is 1. The minimum atomic E-state index is 0.422. The highest BCUT2D eigenvalue weighted by atomic mass is 16.5. The Morgan fingerprint density at radius 1 is 1.25 bits per heavy atom. The summed E-state index contributed by atoms with van der Waals surface area (Å²) in [6.07, 6.45) is 4.60. The second-order valence-electron chi connectivity index (χ2n) is 5.37. The normalized spacial score (nSPS) is 12.6. The van der Waals surface area contributed by atoms with Crippen LogP contribution in [0, 0.1) is 6.92 Å². The molecule has 1 atom stereocenters. The number of rotatable bonds is 6. The number of unbranched alkanes of at least 4 members (excludes halogenated alkanes) is 1. The predicted octanol–water partition coefficient (Wildman–Crippen LogP) is 4.92. The van der Waals surface area contributed by atoms with E-state index in [0.29, 0.717) is 11.8 Å². The Morgan fingerprint density at radius 2 is 2.00 bits per heavy atom. The molecule has 1 unspecified atom stereocenters. The van der Waals surface area contributed by atoms with Crippen molar-refractivity contribution in [2.24, 2.45) is 0 Å². The van der Waals surface area contributed by atoms with Gasteiger partial charge in [0.1, 0.15) is 0 Å². The van der Waals surface area contributed by atoms with Crippen molar-refractivity contribution in [3.05, 3.63) is 35.5 Å². The number of nitrogen functional groups attached to an aromatic ring is 1. The van der Waals surface area contributed by atoms with Crippen LogP contribution in [0.3, 0.4) is 0 Å². The standard InChI is InChI=1S/C17H24N2O/c1-4-6-10-13(5-2)16-15(17(18)20-19-16)14-11-8-7-9-12(14)3/h7-9,11,13H,4-6,10,18H2,1-3H3. The van der Waals surface area contributed by atoms with Gasteiger partial charge in [-0.3, -0.25) is 0 Å². The molecule has 0 bridgehead atoms. The molecule has 0 spiro atoms. The zero-order valence-electron chi connectivity index (χ0n) is 12.6. The minimum absolute atomic E-state index is 0.422. The summed E-state index contributed by atoms with van der Waals surface area (Å²) in [4.78, 5) is 0. The molecular weight excluding hydrogens is 248 g/mol. The van der Waals surface area contributed by atoms with E-state index in [1.165, 1.54) is 18.4 Å². The molecule has 108 valence electrons. The lowest BCUT2D eigenvalue weighted by Crippen LogP contribution is -2.01. The first-order valence-electron chi connectivity index (χ1n) is 7.50. The molecule has 1 aromatic heterocycles. The minimum Gasteiger partial charge on any atom is -0.367 e. The van der Waals surface area contributed by atoms with Gasteiger partial charge >= 0.3 is 0 Å². The third-order valence-corrected chi connectivity index (χ3v) is 3.94. The molecular formula is C17H24N2O. The molecule has 0 aliphatic rings. The van der Waals surface area contributed by atoms with Crippen LogP contribution in [0.15, 0.2) is 28.8 Å². The van der Waals surface area contributed by atoms with Crippen LogP contribution in [0.4, 0.5) is 5.88 Å². The fourth-order valence-corrected chi connectivity index (χ4v) is 2.70. The maximum absolute atomic E-state index is 6.03. The molecule has 0 aliphatic carbocycles. The van der Waals surface area contributed by atoms with Crippen LogP contribution in [0.5, 0.6) is 0 Å². The summed E-state index contributed by atoms with van der Waals surface area (Å²) >= 11 is 0. The number of anilines is 1. The van der Waals surface area contributed by atoms with E-state index in [1.54, 1.807) is 0 Å². The molecule has 0 radical (unpaired) electrons. The highest BCUT2D eigenvalue weighted by molar-refractivity contribution is 5.77. The first kappa shape index (κ1) is 14.6. The van der Waals surface area contributed by atoms with Crippen molar-refractivity contribution in [2.45, 2.75) is 52.4 Å². The van der Waals surface area contributed by atoms with Gasteiger partial charge in [0.15, 0.2) is 0 Å². The summed E-state index contributed by atoms with van der Waals surface area (Å²) in [5, 5.41) is 4.26. The van der Waals surface area contributed by atoms with Crippen LogP contribution in [0.2, 0.25) is 0 Å². The second kappa shape index (κ2) is 6.60. The van der Waals surface area contributed by atoms with Crippen molar-refractivity contribution in [3.8, 4) is 11.1 Å². The fourth-order valence-electron chi connectivity index (χ4n) is 2.70. The van der Waals surface area contributed by atoms with Crippen LogP contribution < -0.4 is 5.73 Å². The third kappa shape index (κ3) is 2.87. The number of aryl methyl sites for hydroxylation is 1. The Bertz CT molecular complexity index is 560. The molecule has 0 fully saturated rings. The van der Waals surface area contributed by atoms with Crippen LogP contribution in [-0.4, -0.2) is 5.16 Å². The van der Waals surface area contributed by atoms with Gasteiger partial charge in [-0.2, -0.15) is 0 Å². The van der Waals surface area contributed by atoms with E-state index in [9.17, 15) is 0 Å². The van der Waals surface area contributed by atoms with Gasteiger partial charge in [0, 0.05) is 5.92 Å². The van der Waals surface area contributed by atoms with E-state index >= 15 is 0 Å². The molecule has 1 aromatic carbocycles. The largest absolute Gasteiger partial charge is 0.367 e. The van der Waals surface area contributed by atoms with Gasteiger partial charge in [-0.25, -0.2) is 0 Å². The van der Waals surface area contributed by atoms with Gasteiger partial charge in [0.2, 0.25) is 5.88 Å². The molecule has 2 N–H and O–H groups in total. The monoisotopic (exact) mass is 272 g/mol. The molecule has 2 rings (SSSR count). The highest BCUT2D eigenvalue weighted by Crippen LogP contribution is 2.38. The molecule has 2 aromatic rings. The maximum atomic E-state index is 6.03. The van der Waals surface area contributed by atoms with Gasteiger partial charge < -0.3 is 10.3 Å². The van der Waals surface area contributed by atoms with E-state index in [4.69, 9.17) is 10.3 Å². The van der Waals surface area contributed by atoms with Gasteiger partial charge in [0.05, 0.1) is 11.3 Å². The van der Waals surface area contributed by atoms with E-state index in [0.717, 1.165) is 29.7 Å². The molecule has 3 heteroatoms. The Balaban J connectivity index is 2.44. The smallest absolute Gasteiger partial charge is 0.230 e. The first-order valence-corrected chi connectivity index (χ1v) is 7.50. The lowest BCUT2D eigenvalue weighted by Gasteiger charge is -2.14. The van der Waals surface area contributed by atoms with Crippen LogP contribution in [0.1, 0.15) is 56.7 Å². The third-order valence-electron chi connectivity index (χ3n) is 3.94. The fraction of sp³-hybridized carbons (Fsp3) is 0.471. The number of hydrogen-bond donors (Lipinski definition) is 1. The van der Waals surface area contributed by atoms with Crippen molar-refractivity contribution in [1.82, 2.24) is 5.16 Å². The molecule has 20 heavy (non-hydrogen) atoms. The SMILES string of the molecule is CCCCC(CC)c1noc(N)c1-c1ccccc1C. The summed E-state index contributed by atoms with van der Waals surface area (Å²) < 4.78 is 5.30. The van der Waals surface area contributed by atoms with Gasteiger partial charge in [-0.05, 0) is 30.9 Å². The summed E-state index contributed by atoms with van der Waals surface area (Å²) in [5.74, 6) is 0.856. The Morgan fingerprint density at radius 3 is 2.65 bits per heavy atom. The van der Waals surface area contributed by atoms with Crippen molar-refractivity contribution >= 4 is 5.88 Å². The van der Waals surface area contributed by atoms with Gasteiger partial charge in [-0.15, -0.1) is 0 Å². The average molecular weight is 272 g/mol. The number of nitrogens with zero attached hydrogens (tertiary/aromatic N) is 1. The second-order valence-corrected chi connectivity index (χ2v) is 5.37. The summed E-state index contributed by atoms with van der Waals surface area (Å²) in [7, 11) is 0. The molecule has 1 heterocycles. The topological polar surface area (TPSA) is 52.0 Å². The molecule has 0 aliphatic heterocycles. The number of aromatic nitrogens is 1. The Hall–Kier alpha value is -1.77. The van der Waals surface area contributed by atoms with E-state index in [-0.39, 0.29) is 0 Å². The first-order chi connectivity index (χ1) is 9.69. The van der Waals surface area contributed by atoms with Crippen molar-refractivity contribution in [2.75, 3.05) is 5.73 Å². The quantitative estimate of drug-likeness (QED) is 0.812. The van der Waals surface area contributed by atoms with E-state index < -0.39 is 0 Å². The van der Waals surface area contributed by atoms with E-state index in [1.807, 2.05) is 12.1 Å². The average Bonchev–Trinajstić information content (AvgIpc) is 2.82. The van der Waals surface area contributed by atoms with Crippen molar-refractivity contribution in [3.63, 3.8) is 0 Å². The van der Waals surface area contributed by atoms with Crippen LogP contribution in [-0.2, 0) is 0 Å². The highest BCUT2D eigenvalue weighted by Gasteiger charge is 2.23. The van der Waals surface area contributed by atoms with Crippen molar-refractivity contribution in [1.29, 1.82) is 0 Å². The summed E-state index contributed by atoms with van der Waals surface area (Å²) in [5.41, 5.74) is 10.4. The summed E-state index contributed by atoms with van der Waals surface area (Å²) in [6, 6.07) is 8.26.